The lowest BCUT2D eigenvalue weighted by Crippen LogP contribution is -2.24. The van der Waals surface area contributed by atoms with Crippen LogP contribution < -0.4 is 5.32 Å². The molecule has 19 heavy (non-hydrogen) atoms. The van der Waals surface area contributed by atoms with Crippen LogP contribution >= 0.6 is 11.6 Å². The Morgan fingerprint density at radius 3 is 2.58 bits per heavy atom. The second-order valence-corrected chi connectivity index (χ2v) is 5.99. The largest absolute Gasteiger partial charge is 0.310 e. The molecule has 0 fully saturated rings. The first-order chi connectivity index (χ1) is 9.10. The summed E-state index contributed by atoms with van der Waals surface area (Å²) >= 11 is 6.49. The fourth-order valence-electron chi connectivity index (χ4n) is 2.59. The Balaban J connectivity index is 2.85. The van der Waals surface area contributed by atoms with Crippen LogP contribution in [0, 0.1) is 12.8 Å². The SMILES string of the molecule is CCCNC(CC(C)CCC)c1cccc(C)c1Cl. The van der Waals surface area contributed by atoms with Gasteiger partial charge in [-0.3, -0.25) is 0 Å². The summed E-state index contributed by atoms with van der Waals surface area (Å²) in [4.78, 5) is 0. The van der Waals surface area contributed by atoms with Gasteiger partial charge in [0.25, 0.3) is 0 Å². The van der Waals surface area contributed by atoms with Crippen molar-refractivity contribution in [1.82, 2.24) is 5.32 Å². The summed E-state index contributed by atoms with van der Waals surface area (Å²) in [6.07, 6.45) is 4.86. The fourth-order valence-corrected chi connectivity index (χ4v) is 2.85. The first kappa shape index (κ1) is 16.5. The molecular weight excluding hydrogens is 254 g/mol. The summed E-state index contributed by atoms with van der Waals surface area (Å²) < 4.78 is 0. The first-order valence-electron chi connectivity index (χ1n) is 7.58. The number of rotatable bonds is 8. The maximum absolute atomic E-state index is 6.49. The van der Waals surface area contributed by atoms with Crippen LogP contribution in [0.3, 0.4) is 0 Å². The van der Waals surface area contributed by atoms with Crippen molar-refractivity contribution < 1.29 is 0 Å². The van der Waals surface area contributed by atoms with E-state index in [9.17, 15) is 0 Å². The normalized spacial score (nSPS) is 14.4. The monoisotopic (exact) mass is 281 g/mol. The molecule has 0 aromatic heterocycles. The van der Waals surface area contributed by atoms with Gasteiger partial charge in [0, 0.05) is 11.1 Å². The second-order valence-electron chi connectivity index (χ2n) is 5.61. The number of aryl methyl sites for hydroxylation is 1. The summed E-state index contributed by atoms with van der Waals surface area (Å²) in [6.45, 7) is 9.93. The van der Waals surface area contributed by atoms with Gasteiger partial charge in [0.2, 0.25) is 0 Å². The Morgan fingerprint density at radius 2 is 1.95 bits per heavy atom. The van der Waals surface area contributed by atoms with Crippen molar-refractivity contribution in [3.8, 4) is 0 Å². The molecule has 1 aromatic rings. The average Bonchev–Trinajstić information content (AvgIpc) is 2.38. The molecular formula is C17H28ClN. The minimum atomic E-state index is 0.383. The van der Waals surface area contributed by atoms with Crippen LogP contribution in [0.1, 0.15) is 63.6 Å². The molecule has 1 aromatic carbocycles. The van der Waals surface area contributed by atoms with E-state index in [0.717, 1.165) is 30.3 Å². The number of hydrogen-bond acceptors (Lipinski definition) is 1. The molecule has 1 N–H and O–H groups in total. The van der Waals surface area contributed by atoms with Gasteiger partial charge in [-0.05, 0) is 43.4 Å². The van der Waals surface area contributed by atoms with Crippen LogP contribution in [0.25, 0.3) is 0 Å². The Morgan fingerprint density at radius 1 is 1.21 bits per heavy atom. The van der Waals surface area contributed by atoms with E-state index in [1.807, 2.05) is 0 Å². The van der Waals surface area contributed by atoms with Gasteiger partial charge in [0.15, 0.2) is 0 Å². The predicted molar refractivity (Wildman–Crippen MR) is 85.9 cm³/mol. The van der Waals surface area contributed by atoms with Gasteiger partial charge < -0.3 is 5.32 Å². The highest BCUT2D eigenvalue weighted by molar-refractivity contribution is 6.32. The van der Waals surface area contributed by atoms with Gasteiger partial charge in [0.05, 0.1) is 0 Å². The van der Waals surface area contributed by atoms with Crippen LogP contribution in [0.2, 0.25) is 5.02 Å². The minimum absolute atomic E-state index is 0.383. The molecule has 2 atom stereocenters. The van der Waals surface area contributed by atoms with Crippen LogP contribution in [-0.4, -0.2) is 6.54 Å². The minimum Gasteiger partial charge on any atom is -0.310 e. The number of benzene rings is 1. The van der Waals surface area contributed by atoms with Crippen molar-refractivity contribution in [2.24, 2.45) is 5.92 Å². The fraction of sp³-hybridized carbons (Fsp3) is 0.647. The lowest BCUT2D eigenvalue weighted by Gasteiger charge is -2.24. The van der Waals surface area contributed by atoms with E-state index in [1.165, 1.54) is 24.0 Å². The third-order valence-electron chi connectivity index (χ3n) is 3.66. The topological polar surface area (TPSA) is 12.0 Å². The highest BCUT2D eigenvalue weighted by atomic mass is 35.5. The Kier molecular flexibility index (Phi) is 7.48. The van der Waals surface area contributed by atoms with E-state index in [4.69, 9.17) is 11.6 Å². The van der Waals surface area contributed by atoms with Crippen molar-refractivity contribution >= 4 is 11.6 Å². The van der Waals surface area contributed by atoms with E-state index in [-0.39, 0.29) is 0 Å². The highest BCUT2D eigenvalue weighted by Crippen LogP contribution is 2.31. The highest BCUT2D eigenvalue weighted by Gasteiger charge is 2.17. The molecule has 108 valence electrons. The molecule has 0 aliphatic carbocycles. The van der Waals surface area contributed by atoms with Gasteiger partial charge in [0.1, 0.15) is 0 Å². The standard InChI is InChI=1S/C17H28ClN/c1-5-8-13(3)12-16(19-11-6-2)15-10-7-9-14(4)17(15)18/h7,9-10,13,16,19H,5-6,8,11-12H2,1-4H3. The molecule has 0 spiro atoms. The summed E-state index contributed by atoms with van der Waals surface area (Å²) in [5.74, 6) is 0.732. The van der Waals surface area contributed by atoms with Crippen molar-refractivity contribution in [1.29, 1.82) is 0 Å². The van der Waals surface area contributed by atoms with Crippen molar-refractivity contribution in [2.45, 2.75) is 59.4 Å². The zero-order valence-electron chi connectivity index (χ0n) is 12.8. The molecule has 2 heteroatoms. The third-order valence-corrected chi connectivity index (χ3v) is 4.17. The molecule has 0 saturated carbocycles. The van der Waals surface area contributed by atoms with Crippen LogP contribution in [0.15, 0.2) is 18.2 Å². The second kappa shape index (κ2) is 8.60. The van der Waals surface area contributed by atoms with Crippen LogP contribution in [0.5, 0.6) is 0 Å². The Labute approximate surface area is 123 Å². The molecule has 0 aliphatic rings. The van der Waals surface area contributed by atoms with E-state index in [0.29, 0.717) is 6.04 Å². The molecule has 0 radical (unpaired) electrons. The lowest BCUT2D eigenvalue weighted by atomic mass is 9.92. The maximum Gasteiger partial charge on any atom is 0.0482 e. The van der Waals surface area contributed by atoms with Crippen molar-refractivity contribution in [3.63, 3.8) is 0 Å². The third kappa shape index (κ3) is 5.16. The number of hydrogen-bond donors (Lipinski definition) is 1. The molecule has 0 saturated heterocycles. The van der Waals surface area contributed by atoms with Gasteiger partial charge in [-0.25, -0.2) is 0 Å². The number of nitrogens with one attached hydrogen (secondary N) is 1. The maximum atomic E-state index is 6.49. The van der Waals surface area contributed by atoms with E-state index in [1.54, 1.807) is 0 Å². The van der Waals surface area contributed by atoms with E-state index in [2.05, 4.69) is 51.2 Å². The van der Waals surface area contributed by atoms with Crippen LogP contribution in [0.4, 0.5) is 0 Å². The summed E-state index contributed by atoms with van der Waals surface area (Å²) in [5, 5.41) is 4.59. The molecule has 1 rings (SSSR count). The first-order valence-corrected chi connectivity index (χ1v) is 7.96. The molecule has 0 amide bonds. The smallest absolute Gasteiger partial charge is 0.0482 e. The van der Waals surface area contributed by atoms with E-state index >= 15 is 0 Å². The molecule has 0 heterocycles. The van der Waals surface area contributed by atoms with Gasteiger partial charge >= 0.3 is 0 Å². The zero-order chi connectivity index (χ0) is 14.3. The predicted octanol–water partition coefficient (Wildman–Crippen LogP) is 5.52. The molecule has 1 nitrogen and oxygen atoms in total. The quantitative estimate of drug-likeness (QED) is 0.662. The molecule has 2 unspecified atom stereocenters. The lowest BCUT2D eigenvalue weighted by molar-refractivity contribution is 0.390. The summed E-state index contributed by atoms with van der Waals surface area (Å²) in [5.41, 5.74) is 2.43. The Bertz CT molecular complexity index is 376. The van der Waals surface area contributed by atoms with Gasteiger partial charge in [-0.15, -0.1) is 0 Å². The van der Waals surface area contributed by atoms with Gasteiger partial charge in [-0.2, -0.15) is 0 Å². The summed E-state index contributed by atoms with van der Waals surface area (Å²) in [7, 11) is 0. The zero-order valence-corrected chi connectivity index (χ0v) is 13.6. The number of halogens is 1. The van der Waals surface area contributed by atoms with E-state index < -0.39 is 0 Å². The summed E-state index contributed by atoms with van der Waals surface area (Å²) in [6, 6.07) is 6.75. The Hall–Kier alpha value is -0.530. The van der Waals surface area contributed by atoms with Crippen LogP contribution in [-0.2, 0) is 0 Å². The van der Waals surface area contributed by atoms with Gasteiger partial charge in [-0.1, -0.05) is 63.4 Å². The molecule has 0 bridgehead atoms. The molecule has 0 aliphatic heterocycles. The van der Waals surface area contributed by atoms with Crippen molar-refractivity contribution in [2.75, 3.05) is 6.54 Å². The average molecular weight is 282 g/mol. The van der Waals surface area contributed by atoms with Crippen molar-refractivity contribution in [3.05, 3.63) is 34.3 Å².